The molecule has 0 saturated carbocycles. The fourth-order valence-corrected chi connectivity index (χ4v) is 2.10. The summed E-state index contributed by atoms with van der Waals surface area (Å²) in [6.45, 7) is 0. The molecule has 0 aliphatic carbocycles. The first kappa shape index (κ1) is 11.5. The van der Waals surface area contributed by atoms with Gasteiger partial charge in [0.1, 0.15) is 5.75 Å². The minimum Gasteiger partial charge on any atom is -0.496 e. The van der Waals surface area contributed by atoms with Gasteiger partial charge in [-0.3, -0.25) is 0 Å². The second kappa shape index (κ2) is 4.98. The van der Waals surface area contributed by atoms with E-state index in [2.05, 4.69) is 5.16 Å². The van der Waals surface area contributed by atoms with E-state index in [-0.39, 0.29) is 0 Å². The Kier molecular flexibility index (Phi) is 3.02. The molecule has 3 rings (SSSR count). The molecule has 1 aromatic heterocycles. The normalized spacial score (nSPS) is 10.4. The lowest BCUT2D eigenvalue weighted by molar-refractivity contribution is 0.416. The van der Waals surface area contributed by atoms with Crippen molar-refractivity contribution in [3.63, 3.8) is 0 Å². The third-order valence-electron chi connectivity index (χ3n) is 3.00. The maximum absolute atomic E-state index is 5.40. The van der Waals surface area contributed by atoms with Gasteiger partial charge in [-0.2, -0.15) is 0 Å². The Morgan fingerprint density at radius 2 is 1.63 bits per heavy atom. The van der Waals surface area contributed by atoms with Crippen LogP contribution in [-0.2, 0) is 0 Å². The SMILES string of the molecule is COc1ccccc1-c1cnoc1-c1ccccc1. The molecule has 94 valence electrons. The minimum absolute atomic E-state index is 0.755. The molecule has 19 heavy (non-hydrogen) atoms. The van der Waals surface area contributed by atoms with Gasteiger partial charge in [0.25, 0.3) is 0 Å². The van der Waals surface area contributed by atoms with Crippen molar-refractivity contribution in [2.24, 2.45) is 0 Å². The van der Waals surface area contributed by atoms with Crippen molar-refractivity contribution in [1.82, 2.24) is 5.16 Å². The summed E-state index contributed by atoms with van der Waals surface area (Å²) in [4.78, 5) is 0. The molecule has 3 heteroatoms. The van der Waals surface area contributed by atoms with Gasteiger partial charge >= 0.3 is 0 Å². The van der Waals surface area contributed by atoms with Crippen LogP contribution < -0.4 is 4.74 Å². The first-order valence-electron chi connectivity index (χ1n) is 6.03. The average molecular weight is 251 g/mol. The molecule has 0 amide bonds. The highest BCUT2D eigenvalue weighted by atomic mass is 16.5. The lowest BCUT2D eigenvalue weighted by Crippen LogP contribution is -1.87. The Labute approximate surface area is 111 Å². The van der Waals surface area contributed by atoms with Gasteiger partial charge in [0.05, 0.1) is 18.9 Å². The zero-order chi connectivity index (χ0) is 13.1. The van der Waals surface area contributed by atoms with Crippen LogP contribution >= 0.6 is 0 Å². The first-order valence-corrected chi connectivity index (χ1v) is 6.03. The number of benzene rings is 2. The van der Waals surface area contributed by atoms with E-state index in [1.807, 2.05) is 54.6 Å². The number of aromatic nitrogens is 1. The quantitative estimate of drug-likeness (QED) is 0.705. The molecule has 0 unspecified atom stereocenters. The van der Waals surface area contributed by atoms with Crippen LogP contribution in [-0.4, -0.2) is 12.3 Å². The lowest BCUT2D eigenvalue weighted by Gasteiger charge is -2.07. The summed E-state index contributed by atoms with van der Waals surface area (Å²) in [5.74, 6) is 1.56. The molecule has 0 spiro atoms. The molecule has 0 saturated heterocycles. The van der Waals surface area contributed by atoms with E-state index in [1.165, 1.54) is 0 Å². The summed E-state index contributed by atoms with van der Waals surface area (Å²) >= 11 is 0. The zero-order valence-electron chi connectivity index (χ0n) is 10.5. The van der Waals surface area contributed by atoms with Crippen LogP contribution in [0.1, 0.15) is 0 Å². The van der Waals surface area contributed by atoms with Crippen molar-refractivity contribution in [1.29, 1.82) is 0 Å². The maximum atomic E-state index is 5.40. The second-order valence-electron chi connectivity index (χ2n) is 4.13. The third kappa shape index (κ3) is 2.10. The molecule has 0 fully saturated rings. The Balaban J connectivity index is 2.15. The highest BCUT2D eigenvalue weighted by Crippen LogP contribution is 2.36. The van der Waals surface area contributed by atoms with Gasteiger partial charge in [0.2, 0.25) is 0 Å². The maximum Gasteiger partial charge on any atom is 0.174 e. The van der Waals surface area contributed by atoms with Crippen molar-refractivity contribution >= 4 is 0 Å². The van der Waals surface area contributed by atoms with Crippen molar-refractivity contribution in [3.05, 3.63) is 60.8 Å². The standard InChI is InChI=1S/C16H13NO2/c1-18-15-10-6-5-9-13(15)14-11-17-19-16(14)12-7-3-2-4-8-12/h2-11H,1H3. The van der Waals surface area contributed by atoms with E-state index in [4.69, 9.17) is 9.26 Å². The number of hydrogen-bond donors (Lipinski definition) is 0. The molecule has 0 radical (unpaired) electrons. The predicted molar refractivity (Wildman–Crippen MR) is 73.9 cm³/mol. The van der Waals surface area contributed by atoms with E-state index < -0.39 is 0 Å². The predicted octanol–water partition coefficient (Wildman–Crippen LogP) is 4.02. The number of nitrogens with zero attached hydrogens (tertiary/aromatic N) is 1. The summed E-state index contributed by atoms with van der Waals surface area (Å²) < 4.78 is 10.8. The molecular weight excluding hydrogens is 238 g/mol. The van der Waals surface area contributed by atoms with Gasteiger partial charge in [-0.1, -0.05) is 53.7 Å². The summed E-state index contributed by atoms with van der Waals surface area (Å²) in [5.41, 5.74) is 2.91. The van der Waals surface area contributed by atoms with Gasteiger partial charge in [0, 0.05) is 11.1 Å². The largest absolute Gasteiger partial charge is 0.496 e. The van der Waals surface area contributed by atoms with Crippen LogP contribution in [0.4, 0.5) is 0 Å². The van der Waals surface area contributed by atoms with Gasteiger partial charge in [0.15, 0.2) is 5.76 Å². The molecule has 0 bridgehead atoms. The highest BCUT2D eigenvalue weighted by molar-refractivity contribution is 5.82. The molecule has 1 heterocycles. The van der Waals surface area contributed by atoms with Gasteiger partial charge < -0.3 is 9.26 Å². The molecule has 0 N–H and O–H groups in total. The van der Waals surface area contributed by atoms with Gasteiger partial charge in [-0.25, -0.2) is 0 Å². The highest BCUT2D eigenvalue weighted by Gasteiger charge is 2.15. The Hall–Kier alpha value is -2.55. The molecule has 0 atom stereocenters. The molecule has 2 aromatic carbocycles. The zero-order valence-corrected chi connectivity index (χ0v) is 10.5. The van der Waals surface area contributed by atoms with Crippen LogP contribution in [0, 0.1) is 0 Å². The number of methoxy groups -OCH3 is 1. The Bertz CT molecular complexity index is 674. The van der Waals surface area contributed by atoms with Crippen molar-refractivity contribution in [3.8, 4) is 28.2 Å². The third-order valence-corrected chi connectivity index (χ3v) is 3.00. The molecule has 3 nitrogen and oxygen atoms in total. The van der Waals surface area contributed by atoms with Crippen LogP contribution in [0.3, 0.4) is 0 Å². The summed E-state index contributed by atoms with van der Waals surface area (Å²) in [7, 11) is 1.66. The first-order chi connectivity index (χ1) is 9.40. The van der Waals surface area contributed by atoms with E-state index in [9.17, 15) is 0 Å². The van der Waals surface area contributed by atoms with Crippen LogP contribution in [0.5, 0.6) is 5.75 Å². The van der Waals surface area contributed by atoms with Crippen LogP contribution in [0.25, 0.3) is 22.5 Å². The van der Waals surface area contributed by atoms with Crippen LogP contribution in [0.15, 0.2) is 65.3 Å². The number of para-hydroxylation sites is 1. The van der Waals surface area contributed by atoms with E-state index in [0.717, 1.165) is 28.2 Å². The van der Waals surface area contributed by atoms with Crippen molar-refractivity contribution in [2.45, 2.75) is 0 Å². The molecular formula is C16H13NO2. The van der Waals surface area contributed by atoms with E-state index in [1.54, 1.807) is 13.3 Å². The number of ether oxygens (including phenoxy) is 1. The number of rotatable bonds is 3. The van der Waals surface area contributed by atoms with E-state index in [0.29, 0.717) is 0 Å². The monoisotopic (exact) mass is 251 g/mol. The van der Waals surface area contributed by atoms with Crippen LogP contribution in [0.2, 0.25) is 0 Å². The topological polar surface area (TPSA) is 35.3 Å². The van der Waals surface area contributed by atoms with Gasteiger partial charge in [-0.15, -0.1) is 0 Å². The lowest BCUT2D eigenvalue weighted by atomic mass is 10.0. The molecule has 3 aromatic rings. The fourth-order valence-electron chi connectivity index (χ4n) is 2.10. The Morgan fingerprint density at radius 1 is 0.895 bits per heavy atom. The summed E-state index contributed by atoms with van der Waals surface area (Å²) in [6, 6.07) is 17.8. The summed E-state index contributed by atoms with van der Waals surface area (Å²) in [5, 5.41) is 3.92. The average Bonchev–Trinajstić information content (AvgIpc) is 2.97. The minimum atomic E-state index is 0.755. The smallest absolute Gasteiger partial charge is 0.174 e. The van der Waals surface area contributed by atoms with Crippen molar-refractivity contribution in [2.75, 3.05) is 7.11 Å². The molecule has 0 aliphatic rings. The fraction of sp³-hybridized carbons (Fsp3) is 0.0625. The second-order valence-corrected chi connectivity index (χ2v) is 4.13. The molecule has 0 aliphatic heterocycles. The van der Waals surface area contributed by atoms with Crippen molar-refractivity contribution < 1.29 is 9.26 Å². The Morgan fingerprint density at radius 3 is 2.42 bits per heavy atom. The van der Waals surface area contributed by atoms with E-state index >= 15 is 0 Å². The number of hydrogen-bond acceptors (Lipinski definition) is 3. The summed E-state index contributed by atoms with van der Waals surface area (Å²) in [6.07, 6.45) is 1.72. The van der Waals surface area contributed by atoms with Gasteiger partial charge in [-0.05, 0) is 6.07 Å².